The molecule has 0 aliphatic carbocycles. The van der Waals surface area contributed by atoms with Gasteiger partial charge in [-0.15, -0.1) is 0 Å². The van der Waals surface area contributed by atoms with Crippen molar-refractivity contribution in [1.82, 2.24) is 4.90 Å². The molecule has 2 rings (SSSR count). The van der Waals surface area contributed by atoms with E-state index in [1.807, 2.05) is 49.2 Å². The summed E-state index contributed by atoms with van der Waals surface area (Å²) in [6.45, 7) is 4.75. The zero-order valence-corrected chi connectivity index (χ0v) is 16.6. The monoisotopic (exact) mass is 438 g/mol. The number of nitrogens with zero attached hydrogens (tertiary/aromatic N) is 1. The first-order valence-corrected chi connectivity index (χ1v) is 8.97. The lowest BCUT2D eigenvalue weighted by Gasteiger charge is -2.25. The molecule has 3 nitrogen and oxygen atoms in total. The number of carbonyl (C=O) groups is 1. The molecule has 122 valence electrons. The molecule has 1 atom stereocenters. The molecule has 2 aromatic carbocycles. The zero-order valence-electron chi connectivity index (χ0n) is 13.4. The molecule has 2 aromatic rings. The number of nitrogens with one attached hydrogen (secondary N) is 1. The van der Waals surface area contributed by atoms with Gasteiger partial charge in [0.2, 0.25) is 5.91 Å². The molecule has 5 heteroatoms. The smallest absolute Gasteiger partial charge is 0.241 e. The van der Waals surface area contributed by atoms with Crippen LogP contribution in [0.25, 0.3) is 0 Å². The van der Waals surface area contributed by atoms with Gasteiger partial charge in [-0.25, -0.2) is 0 Å². The van der Waals surface area contributed by atoms with E-state index in [9.17, 15) is 4.79 Å². The van der Waals surface area contributed by atoms with Gasteiger partial charge in [-0.05, 0) is 66.2 Å². The average molecular weight is 440 g/mol. The molecule has 23 heavy (non-hydrogen) atoms. The van der Waals surface area contributed by atoms with E-state index in [2.05, 4.69) is 56.2 Å². The number of likely N-dealkylation sites (N-methyl/N-ethyl adjacent to an activating group) is 1. The van der Waals surface area contributed by atoms with E-state index in [0.29, 0.717) is 0 Å². The number of carbonyl (C=O) groups excluding carboxylic acids is 1. The predicted octanol–water partition coefficient (Wildman–Crippen LogP) is 4.98. The summed E-state index contributed by atoms with van der Waals surface area (Å²) < 4.78 is 1.82. The van der Waals surface area contributed by atoms with Crippen LogP contribution in [0.2, 0.25) is 0 Å². The maximum absolute atomic E-state index is 12.5. The summed E-state index contributed by atoms with van der Waals surface area (Å²) >= 11 is 6.87. The van der Waals surface area contributed by atoms with Crippen LogP contribution in [0.4, 0.5) is 5.69 Å². The third-order valence-corrected chi connectivity index (χ3v) is 5.06. The second-order valence-corrected chi connectivity index (χ2v) is 7.40. The summed E-state index contributed by atoms with van der Waals surface area (Å²) in [5.41, 5.74) is 3.25. The van der Waals surface area contributed by atoms with Crippen LogP contribution in [0.15, 0.2) is 51.4 Å². The van der Waals surface area contributed by atoms with Gasteiger partial charge in [-0.2, -0.15) is 0 Å². The summed E-state index contributed by atoms with van der Waals surface area (Å²) in [5, 5.41) is 2.97. The molecule has 0 aliphatic rings. The van der Waals surface area contributed by atoms with Crippen molar-refractivity contribution in [3.8, 4) is 0 Å². The summed E-state index contributed by atoms with van der Waals surface area (Å²) in [7, 11) is 1.97. The van der Waals surface area contributed by atoms with E-state index < -0.39 is 0 Å². The second-order valence-electron chi connectivity index (χ2n) is 5.63. The largest absolute Gasteiger partial charge is 0.324 e. The molecular formula is C18H20Br2N2O. The Kier molecular flexibility index (Phi) is 6.39. The Morgan fingerprint density at radius 3 is 2.57 bits per heavy atom. The van der Waals surface area contributed by atoms with Gasteiger partial charge in [0.15, 0.2) is 0 Å². The van der Waals surface area contributed by atoms with Crippen LogP contribution in [0.5, 0.6) is 0 Å². The van der Waals surface area contributed by atoms with Crippen molar-refractivity contribution in [3.63, 3.8) is 0 Å². The van der Waals surface area contributed by atoms with E-state index in [4.69, 9.17) is 0 Å². The molecule has 1 unspecified atom stereocenters. The third kappa shape index (κ3) is 4.90. The van der Waals surface area contributed by atoms with Crippen LogP contribution in [-0.4, -0.2) is 23.9 Å². The van der Waals surface area contributed by atoms with Crippen LogP contribution >= 0.6 is 31.9 Å². The fourth-order valence-electron chi connectivity index (χ4n) is 2.22. The van der Waals surface area contributed by atoms with E-state index >= 15 is 0 Å². The lowest BCUT2D eigenvalue weighted by molar-refractivity contribution is -0.120. The topological polar surface area (TPSA) is 32.3 Å². The minimum atomic E-state index is -0.231. The van der Waals surface area contributed by atoms with E-state index in [1.165, 1.54) is 11.1 Å². The highest BCUT2D eigenvalue weighted by molar-refractivity contribution is 9.11. The zero-order chi connectivity index (χ0) is 17.0. The molecular weight excluding hydrogens is 420 g/mol. The number of halogens is 2. The maximum Gasteiger partial charge on any atom is 0.241 e. The van der Waals surface area contributed by atoms with Gasteiger partial charge in [-0.1, -0.05) is 40.2 Å². The SMILES string of the molecule is Cc1ccccc1CN(C)C(C)C(=O)Nc1ccc(Br)cc1Br. The Hall–Kier alpha value is -1.17. The number of benzene rings is 2. The van der Waals surface area contributed by atoms with Crippen molar-refractivity contribution < 1.29 is 4.79 Å². The van der Waals surface area contributed by atoms with E-state index in [1.54, 1.807) is 0 Å². The van der Waals surface area contributed by atoms with Gasteiger partial charge < -0.3 is 5.32 Å². The highest BCUT2D eigenvalue weighted by Gasteiger charge is 2.19. The van der Waals surface area contributed by atoms with Crippen LogP contribution < -0.4 is 5.32 Å². The molecule has 0 saturated heterocycles. The van der Waals surface area contributed by atoms with Crippen LogP contribution in [0.3, 0.4) is 0 Å². The number of amides is 1. The van der Waals surface area contributed by atoms with Gasteiger partial charge in [0.25, 0.3) is 0 Å². The first kappa shape index (κ1) is 18.2. The molecule has 1 amide bonds. The number of aryl methyl sites for hydroxylation is 1. The van der Waals surface area contributed by atoms with Crippen molar-refractivity contribution in [1.29, 1.82) is 0 Å². The molecule has 0 spiro atoms. The molecule has 0 radical (unpaired) electrons. The molecule has 0 bridgehead atoms. The van der Waals surface area contributed by atoms with Crippen molar-refractivity contribution in [2.45, 2.75) is 26.4 Å². The Labute approximate surface area is 154 Å². The van der Waals surface area contributed by atoms with Crippen LogP contribution in [0, 0.1) is 6.92 Å². The maximum atomic E-state index is 12.5. The fourth-order valence-corrected chi connectivity index (χ4v) is 3.37. The van der Waals surface area contributed by atoms with E-state index in [0.717, 1.165) is 21.2 Å². The summed E-state index contributed by atoms with van der Waals surface area (Å²) in [5.74, 6) is -0.0240. The number of rotatable bonds is 5. The van der Waals surface area contributed by atoms with Crippen molar-refractivity contribution in [3.05, 3.63) is 62.5 Å². The minimum Gasteiger partial charge on any atom is -0.324 e. The molecule has 0 heterocycles. The highest BCUT2D eigenvalue weighted by Crippen LogP contribution is 2.26. The molecule has 0 saturated carbocycles. The summed E-state index contributed by atoms with van der Waals surface area (Å²) in [6, 6.07) is 13.7. The average Bonchev–Trinajstić information content (AvgIpc) is 2.51. The molecule has 0 aromatic heterocycles. The van der Waals surface area contributed by atoms with Crippen LogP contribution in [-0.2, 0) is 11.3 Å². The second kappa shape index (κ2) is 8.08. The highest BCUT2D eigenvalue weighted by atomic mass is 79.9. The van der Waals surface area contributed by atoms with Gasteiger partial charge in [-0.3, -0.25) is 9.69 Å². The van der Waals surface area contributed by atoms with E-state index in [-0.39, 0.29) is 11.9 Å². The standard InChI is InChI=1S/C18H20Br2N2O/c1-12-6-4-5-7-14(12)11-22(3)13(2)18(23)21-17-9-8-15(19)10-16(17)20/h4-10,13H,11H2,1-3H3,(H,21,23). The van der Waals surface area contributed by atoms with Crippen molar-refractivity contribution >= 4 is 43.5 Å². The Morgan fingerprint density at radius 2 is 1.91 bits per heavy atom. The Bertz CT molecular complexity index is 703. The Morgan fingerprint density at radius 1 is 1.22 bits per heavy atom. The lowest BCUT2D eigenvalue weighted by Crippen LogP contribution is -2.39. The van der Waals surface area contributed by atoms with Crippen LogP contribution in [0.1, 0.15) is 18.1 Å². The number of hydrogen-bond acceptors (Lipinski definition) is 2. The van der Waals surface area contributed by atoms with Crippen molar-refractivity contribution in [2.75, 3.05) is 12.4 Å². The quantitative estimate of drug-likeness (QED) is 0.712. The number of anilines is 1. The van der Waals surface area contributed by atoms with Gasteiger partial charge in [0.1, 0.15) is 0 Å². The minimum absolute atomic E-state index is 0.0240. The predicted molar refractivity (Wildman–Crippen MR) is 103 cm³/mol. The molecule has 1 N–H and O–H groups in total. The summed E-state index contributed by atoms with van der Waals surface area (Å²) in [4.78, 5) is 14.5. The molecule has 0 fully saturated rings. The fraction of sp³-hybridized carbons (Fsp3) is 0.278. The number of hydrogen-bond donors (Lipinski definition) is 1. The lowest BCUT2D eigenvalue weighted by atomic mass is 10.1. The van der Waals surface area contributed by atoms with Gasteiger partial charge >= 0.3 is 0 Å². The third-order valence-electron chi connectivity index (χ3n) is 3.91. The van der Waals surface area contributed by atoms with Gasteiger partial charge in [0, 0.05) is 15.5 Å². The summed E-state index contributed by atoms with van der Waals surface area (Å²) in [6.07, 6.45) is 0. The Balaban J connectivity index is 2.02. The molecule has 0 aliphatic heterocycles. The van der Waals surface area contributed by atoms with Crippen molar-refractivity contribution in [2.24, 2.45) is 0 Å². The first-order chi connectivity index (χ1) is 10.9. The normalized spacial score (nSPS) is 12.3. The van der Waals surface area contributed by atoms with Gasteiger partial charge in [0.05, 0.1) is 11.7 Å². The first-order valence-electron chi connectivity index (χ1n) is 7.39.